The normalized spacial score (nSPS) is 13.0. The van der Waals surface area contributed by atoms with Gasteiger partial charge < -0.3 is 19.7 Å². The second-order valence-electron chi connectivity index (χ2n) is 9.53. The van der Waals surface area contributed by atoms with E-state index in [-0.39, 0.29) is 18.9 Å². The summed E-state index contributed by atoms with van der Waals surface area (Å²) >= 11 is 0. The fourth-order valence-corrected chi connectivity index (χ4v) is 5.29. The first-order chi connectivity index (χ1) is 17.9. The zero-order valence-electron chi connectivity index (χ0n) is 21.0. The summed E-state index contributed by atoms with van der Waals surface area (Å²) in [5.41, 5.74) is 8.59. The van der Waals surface area contributed by atoms with Crippen molar-refractivity contribution in [1.82, 2.24) is 9.88 Å². The summed E-state index contributed by atoms with van der Waals surface area (Å²) in [6.45, 7) is 4.83. The van der Waals surface area contributed by atoms with Crippen molar-refractivity contribution in [1.29, 1.82) is 0 Å². The van der Waals surface area contributed by atoms with Crippen LogP contribution in [0.3, 0.4) is 0 Å². The monoisotopic (exact) mass is 494 g/mol. The summed E-state index contributed by atoms with van der Waals surface area (Å²) < 4.78 is 7.74. The predicted octanol–water partition coefficient (Wildman–Crippen LogP) is 5.69. The number of ether oxygens (including phenoxy) is 1. The number of amides is 1. The van der Waals surface area contributed by atoms with Gasteiger partial charge in [-0.25, -0.2) is 9.59 Å². The van der Waals surface area contributed by atoms with E-state index < -0.39 is 18.1 Å². The third kappa shape index (κ3) is 5.00. The lowest BCUT2D eigenvalue weighted by atomic mass is 9.98. The summed E-state index contributed by atoms with van der Waals surface area (Å²) in [6, 6.07) is 27.2. The Bertz CT molecular complexity index is 1400. The number of alkyl carbamates (subject to hydrolysis) is 1. The highest BCUT2D eigenvalue weighted by molar-refractivity contribution is 5.81. The molecule has 188 valence electrons. The van der Waals surface area contributed by atoms with E-state index in [1.165, 1.54) is 5.56 Å². The molecule has 1 amide bonds. The van der Waals surface area contributed by atoms with E-state index in [9.17, 15) is 14.7 Å². The maximum absolute atomic E-state index is 12.7. The van der Waals surface area contributed by atoms with Gasteiger partial charge in [-0.05, 0) is 53.3 Å². The molecule has 37 heavy (non-hydrogen) atoms. The summed E-state index contributed by atoms with van der Waals surface area (Å²) in [6.07, 6.45) is -0.555. The van der Waals surface area contributed by atoms with Gasteiger partial charge >= 0.3 is 12.1 Å². The van der Waals surface area contributed by atoms with E-state index in [1.54, 1.807) is 0 Å². The zero-order chi connectivity index (χ0) is 25.9. The molecule has 0 saturated heterocycles. The van der Waals surface area contributed by atoms with Gasteiger partial charge in [0.15, 0.2) is 0 Å². The van der Waals surface area contributed by atoms with Crippen molar-refractivity contribution in [3.05, 3.63) is 119 Å². The molecule has 5 rings (SSSR count). The van der Waals surface area contributed by atoms with Crippen LogP contribution in [0.1, 0.15) is 39.6 Å². The summed E-state index contributed by atoms with van der Waals surface area (Å²) in [5, 5.41) is 12.4. The standard InChI is InChI=1S/C31H30N2O4/c1-20-16-23(21(2)33(20)18-22-10-4-3-5-11-22)17-29(30(34)35)32-31(36)37-19-28-26-14-8-6-12-24(26)25-13-7-9-15-27(25)28/h3-16,28-29H,17-19H2,1-2H3,(H,32,36)(H,34,35). The third-order valence-electron chi connectivity index (χ3n) is 7.22. The molecule has 1 atom stereocenters. The molecule has 2 N–H and O–H groups in total. The van der Waals surface area contributed by atoms with Crippen LogP contribution in [0.2, 0.25) is 0 Å². The molecule has 0 spiro atoms. The minimum Gasteiger partial charge on any atom is -0.480 e. The lowest BCUT2D eigenvalue weighted by molar-refractivity contribution is -0.139. The molecular weight excluding hydrogens is 464 g/mol. The van der Waals surface area contributed by atoms with Crippen molar-refractivity contribution in [2.75, 3.05) is 6.61 Å². The Morgan fingerprint density at radius 2 is 1.51 bits per heavy atom. The molecule has 0 radical (unpaired) electrons. The van der Waals surface area contributed by atoms with E-state index >= 15 is 0 Å². The molecular formula is C31H30N2O4. The fourth-order valence-electron chi connectivity index (χ4n) is 5.29. The van der Waals surface area contributed by atoms with E-state index in [0.717, 1.165) is 39.2 Å². The van der Waals surface area contributed by atoms with Crippen LogP contribution in [0.4, 0.5) is 4.79 Å². The highest BCUT2D eigenvalue weighted by Gasteiger charge is 2.30. The topological polar surface area (TPSA) is 80.6 Å². The summed E-state index contributed by atoms with van der Waals surface area (Å²) in [5.74, 6) is -1.18. The number of carbonyl (C=O) groups excluding carboxylic acids is 1. The molecule has 0 saturated carbocycles. The van der Waals surface area contributed by atoms with Crippen molar-refractivity contribution in [2.45, 2.75) is 38.8 Å². The molecule has 1 aliphatic carbocycles. The lowest BCUT2D eigenvalue weighted by Crippen LogP contribution is -2.43. The first-order valence-corrected chi connectivity index (χ1v) is 12.5. The number of hydrogen-bond acceptors (Lipinski definition) is 3. The largest absolute Gasteiger partial charge is 0.480 e. The van der Waals surface area contributed by atoms with Gasteiger partial charge in [-0.15, -0.1) is 0 Å². The van der Waals surface area contributed by atoms with Crippen LogP contribution < -0.4 is 5.32 Å². The van der Waals surface area contributed by atoms with E-state index in [4.69, 9.17) is 4.74 Å². The van der Waals surface area contributed by atoms with Crippen molar-refractivity contribution >= 4 is 12.1 Å². The number of carboxylic acids is 1. The van der Waals surface area contributed by atoms with Crippen LogP contribution in [0.25, 0.3) is 11.1 Å². The first-order valence-electron chi connectivity index (χ1n) is 12.5. The molecule has 0 fully saturated rings. The van der Waals surface area contributed by atoms with Crippen LogP contribution >= 0.6 is 0 Å². The van der Waals surface area contributed by atoms with Gasteiger partial charge in [0.1, 0.15) is 12.6 Å². The number of carbonyl (C=O) groups is 2. The number of aromatic nitrogens is 1. The van der Waals surface area contributed by atoms with Gasteiger partial charge in [-0.3, -0.25) is 0 Å². The molecule has 4 aromatic rings. The van der Waals surface area contributed by atoms with Gasteiger partial charge in [0.05, 0.1) is 0 Å². The average molecular weight is 495 g/mol. The molecule has 1 aliphatic rings. The van der Waals surface area contributed by atoms with Crippen molar-refractivity contribution in [3.8, 4) is 11.1 Å². The fraction of sp³-hybridized carbons (Fsp3) is 0.226. The quantitative estimate of drug-likeness (QED) is 0.330. The van der Waals surface area contributed by atoms with Crippen molar-refractivity contribution in [3.63, 3.8) is 0 Å². The van der Waals surface area contributed by atoms with E-state index in [2.05, 4.69) is 34.1 Å². The molecule has 0 aliphatic heterocycles. The van der Waals surface area contributed by atoms with Crippen LogP contribution in [-0.4, -0.2) is 34.4 Å². The molecule has 6 nitrogen and oxygen atoms in total. The minimum atomic E-state index is -1.10. The van der Waals surface area contributed by atoms with Gasteiger partial charge in [0.2, 0.25) is 0 Å². The molecule has 1 unspecified atom stereocenters. The Labute approximate surface area is 216 Å². The SMILES string of the molecule is Cc1cc(CC(NC(=O)OCC2c3ccccc3-c3ccccc32)C(=O)O)c(C)n1Cc1ccccc1. The Balaban J connectivity index is 1.26. The lowest BCUT2D eigenvalue weighted by Gasteiger charge is -2.18. The highest BCUT2D eigenvalue weighted by Crippen LogP contribution is 2.44. The Hall–Kier alpha value is -4.32. The maximum atomic E-state index is 12.7. The van der Waals surface area contributed by atoms with Crippen LogP contribution in [0.15, 0.2) is 84.9 Å². The molecule has 0 bridgehead atoms. The van der Waals surface area contributed by atoms with Gasteiger partial charge in [0.25, 0.3) is 0 Å². The van der Waals surface area contributed by atoms with Gasteiger partial charge in [-0.1, -0.05) is 78.9 Å². The number of fused-ring (bicyclic) bond motifs is 3. The summed E-state index contributed by atoms with van der Waals surface area (Å²) in [7, 11) is 0. The molecule has 1 heterocycles. The number of aliphatic carboxylic acids is 1. The molecule has 1 aromatic heterocycles. The number of rotatable bonds is 8. The predicted molar refractivity (Wildman–Crippen MR) is 143 cm³/mol. The van der Waals surface area contributed by atoms with E-state index in [0.29, 0.717) is 6.54 Å². The van der Waals surface area contributed by atoms with Gasteiger partial charge in [-0.2, -0.15) is 0 Å². The first kappa shape index (κ1) is 24.4. The van der Waals surface area contributed by atoms with Crippen LogP contribution in [0.5, 0.6) is 0 Å². The number of aryl methyl sites for hydroxylation is 1. The Morgan fingerprint density at radius 1 is 0.919 bits per heavy atom. The number of carboxylic acid groups (broad SMARTS) is 1. The number of hydrogen-bond donors (Lipinski definition) is 2. The highest BCUT2D eigenvalue weighted by atomic mass is 16.5. The summed E-state index contributed by atoms with van der Waals surface area (Å²) in [4.78, 5) is 24.8. The van der Waals surface area contributed by atoms with Crippen molar-refractivity contribution in [2.24, 2.45) is 0 Å². The number of nitrogens with one attached hydrogen (secondary N) is 1. The van der Waals surface area contributed by atoms with Crippen LogP contribution in [-0.2, 0) is 22.5 Å². The number of benzene rings is 3. The zero-order valence-corrected chi connectivity index (χ0v) is 21.0. The average Bonchev–Trinajstić information content (AvgIpc) is 3.36. The second kappa shape index (κ2) is 10.3. The van der Waals surface area contributed by atoms with E-state index in [1.807, 2.05) is 74.5 Å². The Kier molecular flexibility index (Phi) is 6.82. The molecule has 6 heteroatoms. The smallest absolute Gasteiger partial charge is 0.407 e. The maximum Gasteiger partial charge on any atom is 0.407 e. The second-order valence-corrected chi connectivity index (χ2v) is 9.53. The van der Waals surface area contributed by atoms with Crippen LogP contribution in [0, 0.1) is 13.8 Å². The van der Waals surface area contributed by atoms with Crippen molar-refractivity contribution < 1.29 is 19.4 Å². The van der Waals surface area contributed by atoms with Gasteiger partial charge in [0, 0.05) is 30.3 Å². The third-order valence-corrected chi connectivity index (χ3v) is 7.22. The number of nitrogens with zero attached hydrogens (tertiary/aromatic N) is 1. The molecule has 3 aromatic carbocycles. The Morgan fingerprint density at radius 3 is 2.14 bits per heavy atom. The minimum absolute atomic E-state index is 0.0849.